The van der Waals surface area contributed by atoms with E-state index in [0.29, 0.717) is 24.2 Å². The Hall–Kier alpha value is -3.47. The summed E-state index contributed by atoms with van der Waals surface area (Å²) in [4.78, 5) is 28.7. The van der Waals surface area contributed by atoms with Crippen molar-refractivity contribution in [1.29, 1.82) is 0 Å². The first-order valence-corrected chi connectivity index (χ1v) is 8.74. The van der Waals surface area contributed by atoms with Gasteiger partial charge in [0.1, 0.15) is 5.75 Å². The van der Waals surface area contributed by atoms with Crippen LogP contribution in [0.25, 0.3) is 5.57 Å². The van der Waals surface area contributed by atoms with Crippen molar-refractivity contribution in [2.24, 2.45) is 0 Å². The van der Waals surface area contributed by atoms with Crippen LogP contribution in [0.5, 0.6) is 5.75 Å². The number of nitrogens with zero attached hydrogens (tertiary/aromatic N) is 2. The highest BCUT2D eigenvalue weighted by atomic mass is 16.3. The van der Waals surface area contributed by atoms with Crippen LogP contribution in [0.15, 0.2) is 67.0 Å². The van der Waals surface area contributed by atoms with E-state index in [0.717, 1.165) is 16.8 Å². The van der Waals surface area contributed by atoms with Gasteiger partial charge in [0.2, 0.25) is 0 Å². The van der Waals surface area contributed by atoms with Gasteiger partial charge in [-0.15, -0.1) is 0 Å². The molecule has 0 saturated heterocycles. The van der Waals surface area contributed by atoms with Crippen molar-refractivity contribution in [2.75, 3.05) is 0 Å². The Morgan fingerprint density at radius 2 is 1.78 bits per heavy atom. The number of benzene rings is 2. The van der Waals surface area contributed by atoms with Crippen molar-refractivity contribution in [1.82, 2.24) is 9.55 Å². The van der Waals surface area contributed by atoms with Gasteiger partial charge in [-0.05, 0) is 29.3 Å². The second kappa shape index (κ2) is 7.03. The SMILES string of the molecule is O=C1C=C(c2c(Cc3ccccc3)ncn2Cc2cccc(O)c2)C(=O)C1. The third kappa shape index (κ3) is 3.58. The van der Waals surface area contributed by atoms with Crippen LogP contribution in [0.1, 0.15) is 28.9 Å². The summed E-state index contributed by atoms with van der Waals surface area (Å²) in [7, 11) is 0. The fraction of sp³-hybridized carbons (Fsp3) is 0.136. The number of allylic oxidation sites excluding steroid dienone is 2. The third-order valence-corrected chi connectivity index (χ3v) is 4.59. The molecule has 0 bridgehead atoms. The Morgan fingerprint density at radius 3 is 2.48 bits per heavy atom. The first-order valence-electron chi connectivity index (χ1n) is 8.74. The highest BCUT2D eigenvalue weighted by Crippen LogP contribution is 2.28. The predicted octanol–water partition coefficient (Wildman–Crippen LogP) is 3.15. The molecule has 27 heavy (non-hydrogen) atoms. The Morgan fingerprint density at radius 1 is 1.00 bits per heavy atom. The highest BCUT2D eigenvalue weighted by molar-refractivity contribution is 6.35. The molecular formula is C22H18N2O3. The smallest absolute Gasteiger partial charge is 0.172 e. The molecule has 1 N–H and O–H groups in total. The van der Waals surface area contributed by atoms with Crippen LogP contribution in [0.3, 0.4) is 0 Å². The van der Waals surface area contributed by atoms with E-state index >= 15 is 0 Å². The van der Waals surface area contributed by atoms with Gasteiger partial charge in [-0.1, -0.05) is 42.5 Å². The summed E-state index contributed by atoms with van der Waals surface area (Å²) in [6.45, 7) is 0.449. The maximum Gasteiger partial charge on any atom is 0.172 e. The molecule has 0 amide bonds. The molecule has 5 heteroatoms. The maximum absolute atomic E-state index is 12.4. The van der Waals surface area contributed by atoms with Gasteiger partial charge in [0, 0.05) is 18.5 Å². The topological polar surface area (TPSA) is 72.2 Å². The zero-order chi connectivity index (χ0) is 18.8. The fourth-order valence-corrected chi connectivity index (χ4v) is 3.37. The van der Waals surface area contributed by atoms with Crippen molar-refractivity contribution < 1.29 is 14.7 Å². The number of hydrogen-bond donors (Lipinski definition) is 1. The Labute approximate surface area is 156 Å². The summed E-state index contributed by atoms with van der Waals surface area (Å²) in [5.74, 6) is -0.164. The van der Waals surface area contributed by atoms with Crippen LogP contribution in [0.2, 0.25) is 0 Å². The summed E-state index contributed by atoms with van der Waals surface area (Å²) >= 11 is 0. The molecule has 1 aromatic heterocycles. The lowest BCUT2D eigenvalue weighted by Gasteiger charge is -2.11. The normalized spacial score (nSPS) is 13.9. The summed E-state index contributed by atoms with van der Waals surface area (Å²) in [6.07, 6.45) is 3.60. The molecule has 1 aliphatic rings. The molecule has 3 aromatic rings. The number of rotatable bonds is 5. The molecule has 0 unspecified atom stereocenters. The molecule has 0 saturated carbocycles. The Balaban J connectivity index is 1.76. The molecule has 0 fully saturated rings. The molecule has 4 rings (SSSR count). The molecule has 0 spiro atoms. The minimum absolute atomic E-state index is 0.0859. The van der Waals surface area contributed by atoms with Crippen molar-refractivity contribution in [2.45, 2.75) is 19.4 Å². The first-order chi connectivity index (χ1) is 13.1. The van der Waals surface area contributed by atoms with Crippen LogP contribution in [-0.4, -0.2) is 26.2 Å². The molecular weight excluding hydrogens is 340 g/mol. The predicted molar refractivity (Wildman–Crippen MR) is 101 cm³/mol. The Bertz CT molecular complexity index is 1050. The minimum atomic E-state index is -0.175. The van der Waals surface area contributed by atoms with Gasteiger partial charge in [-0.25, -0.2) is 4.98 Å². The lowest BCUT2D eigenvalue weighted by molar-refractivity contribution is -0.120. The highest BCUT2D eigenvalue weighted by Gasteiger charge is 2.28. The number of hydrogen-bond acceptors (Lipinski definition) is 4. The Kier molecular flexibility index (Phi) is 4.42. The molecule has 2 aromatic carbocycles. The van der Waals surface area contributed by atoms with E-state index in [4.69, 9.17) is 0 Å². The van der Waals surface area contributed by atoms with Crippen LogP contribution >= 0.6 is 0 Å². The van der Waals surface area contributed by atoms with Gasteiger partial charge < -0.3 is 9.67 Å². The van der Waals surface area contributed by atoms with Gasteiger partial charge in [-0.3, -0.25) is 9.59 Å². The number of Topliss-reactive ketones (excluding diaryl/α,β-unsaturated/α-hetero) is 1. The van der Waals surface area contributed by atoms with E-state index in [1.54, 1.807) is 24.5 Å². The van der Waals surface area contributed by atoms with Gasteiger partial charge in [0.25, 0.3) is 0 Å². The van der Waals surface area contributed by atoms with E-state index < -0.39 is 0 Å². The van der Waals surface area contributed by atoms with Gasteiger partial charge in [-0.2, -0.15) is 0 Å². The molecule has 0 aliphatic heterocycles. The molecule has 0 atom stereocenters. The molecule has 0 radical (unpaired) electrons. The number of aromatic nitrogens is 2. The summed E-state index contributed by atoms with van der Waals surface area (Å²) in [5.41, 5.74) is 3.83. The van der Waals surface area contributed by atoms with Crippen LogP contribution in [-0.2, 0) is 22.6 Å². The fourth-order valence-electron chi connectivity index (χ4n) is 3.37. The zero-order valence-electron chi connectivity index (χ0n) is 14.6. The van der Waals surface area contributed by atoms with Crippen molar-refractivity contribution in [3.63, 3.8) is 0 Å². The van der Waals surface area contributed by atoms with Crippen molar-refractivity contribution in [3.8, 4) is 5.75 Å². The summed E-state index contributed by atoms with van der Waals surface area (Å²) in [5, 5.41) is 9.71. The summed E-state index contributed by atoms with van der Waals surface area (Å²) in [6, 6.07) is 16.8. The average molecular weight is 358 g/mol. The number of aromatic hydroxyl groups is 1. The van der Waals surface area contributed by atoms with Crippen molar-refractivity contribution >= 4 is 17.1 Å². The standard InChI is InChI=1S/C22H18N2O3/c25-17-8-4-7-16(9-17)13-24-14-23-20(10-15-5-2-1-3-6-15)22(24)19-11-18(26)12-21(19)27/h1-9,11,14,25H,10,12-13H2. The zero-order valence-corrected chi connectivity index (χ0v) is 14.6. The average Bonchev–Trinajstić information content (AvgIpc) is 3.18. The van der Waals surface area contributed by atoms with Gasteiger partial charge >= 0.3 is 0 Å². The number of carbonyl (C=O) groups is 2. The van der Waals surface area contributed by atoms with Crippen LogP contribution < -0.4 is 0 Å². The molecule has 5 nitrogen and oxygen atoms in total. The minimum Gasteiger partial charge on any atom is -0.508 e. The number of phenolic OH excluding ortho intramolecular Hbond substituents is 1. The lowest BCUT2D eigenvalue weighted by atomic mass is 10.0. The van der Waals surface area contributed by atoms with Crippen LogP contribution in [0.4, 0.5) is 0 Å². The number of carbonyl (C=O) groups excluding carboxylic acids is 2. The first kappa shape index (κ1) is 17.0. The van der Waals surface area contributed by atoms with E-state index in [2.05, 4.69) is 4.98 Å². The third-order valence-electron chi connectivity index (χ3n) is 4.59. The largest absolute Gasteiger partial charge is 0.508 e. The molecule has 134 valence electrons. The number of imidazole rings is 1. The van der Waals surface area contributed by atoms with Crippen LogP contribution in [0, 0.1) is 0 Å². The van der Waals surface area contributed by atoms with E-state index in [1.165, 1.54) is 6.08 Å². The second-order valence-corrected chi connectivity index (χ2v) is 6.62. The van der Waals surface area contributed by atoms with Crippen molar-refractivity contribution in [3.05, 3.63) is 89.5 Å². The molecule has 1 heterocycles. The molecule has 1 aliphatic carbocycles. The summed E-state index contributed by atoms with van der Waals surface area (Å²) < 4.78 is 1.87. The maximum atomic E-state index is 12.4. The van der Waals surface area contributed by atoms with E-state index in [1.807, 2.05) is 41.0 Å². The van der Waals surface area contributed by atoms with E-state index in [-0.39, 0.29) is 23.7 Å². The van der Waals surface area contributed by atoms with E-state index in [9.17, 15) is 14.7 Å². The monoisotopic (exact) mass is 358 g/mol. The van der Waals surface area contributed by atoms with Gasteiger partial charge in [0.05, 0.1) is 24.1 Å². The lowest BCUT2D eigenvalue weighted by Crippen LogP contribution is -2.08. The number of phenols is 1. The number of ketones is 2. The van der Waals surface area contributed by atoms with Gasteiger partial charge in [0.15, 0.2) is 11.6 Å². The second-order valence-electron chi connectivity index (χ2n) is 6.62. The quantitative estimate of drug-likeness (QED) is 0.711.